The van der Waals surface area contributed by atoms with E-state index in [2.05, 4.69) is 24.4 Å². The van der Waals surface area contributed by atoms with E-state index < -0.39 is 0 Å². The fourth-order valence-corrected chi connectivity index (χ4v) is 1.69. The Hall–Kier alpha value is -2.03. The molecule has 2 rings (SSSR count). The van der Waals surface area contributed by atoms with Crippen LogP contribution in [0.4, 0.5) is 15.8 Å². The third-order valence-electron chi connectivity index (χ3n) is 2.74. The number of nitrogen functional groups attached to an aromatic ring is 1. The van der Waals surface area contributed by atoms with Gasteiger partial charge in [0.1, 0.15) is 5.82 Å². The quantitative estimate of drug-likeness (QED) is 0.794. The van der Waals surface area contributed by atoms with Gasteiger partial charge < -0.3 is 11.1 Å². The van der Waals surface area contributed by atoms with E-state index in [-0.39, 0.29) is 5.82 Å². The van der Waals surface area contributed by atoms with Crippen LogP contribution in [0.3, 0.4) is 0 Å². The third-order valence-corrected chi connectivity index (χ3v) is 2.74. The zero-order valence-corrected chi connectivity index (χ0v) is 9.70. The minimum Gasteiger partial charge on any atom is -0.397 e. The molecule has 2 nitrogen and oxygen atoms in total. The molecule has 0 radical (unpaired) electrons. The van der Waals surface area contributed by atoms with Crippen LogP contribution in [0.25, 0.3) is 0 Å². The summed E-state index contributed by atoms with van der Waals surface area (Å²) in [6.45, 7) is 2.74. The van der Waals surface area contributed by atoms with Crippen molar-refractivity contribution in [3.8, 4) is 0 Å². The molecule has 0 amide bonds. The Bertz CT molecular complexity index is 523. The smallest absolute Gasteiger partial charge is 0.125 e. The second kappa shape index (κ2) is 4.87. The zero-order valence-electron chi connectivity index (χ0n) is 9.70. The summed E-state index contributed by atoms with van der Waals surface area (Å²) in [6, 6.07) is 12.5. The molecule has 2 aromatic rings. The van der Waals surface area contributed by atoms with E-state index in [9.17, 15) is 4.39 Å². The minimum absolute atomic E-state index is 0.316. The lowest BCUT2D eigenvalue weighted by atomic mass is 10.1. The first-order chi connectivity index (χ1) is 8.16. The summed E-state index contributed by atoms with van der Waals surface area (Å²) in [4.78, 5) is 0. The number of benzene rings is 2. The van der Waals surface area contributed by atoms with E-state index >= 15 is 0 Å². The molecular formula is C14H15FN2. The number of nitrogens with two attached hydrogens (primary N) is 1. The van der Waals surface area contributed by atoms with Crippen molar-refractivity contribution in [2.24, 2.45) is 0 Å². The van der Waals surface area contributed by atoms with Crippen LogP contribution in [0, 0.1) is 12.7 Å². The van der Waals surface area contributed by atoms with Crippen molar-refractivity contribution in [1.82, 2.24) is 0 Å². The van der Waals surface area contributed by atoms with E-state index in [1.165, 1.54) is 23.3 Å². The van der Waals surface area contributed by atoms with Gasteiger partial charge in [0, 0.05) is 6.54 Å². The molecule has 0 aliphatic heterocycles. The first-order valence-corrected chi connectivity index (χ1v) is 5.50. The first kappa shape index (κ1) is 11.5. The van der Waals surface area contributed by atoms with Crippen molar-refractivity contribution in [3.63, 3.8) is 0 Å². The molecular weight excluding hydrogens is 215 g/mol. The molecule has 0 bridgehead atoms. The lowest BCUT2D eigenvalue weighted by molar-refractivity contribution is 0.628. The predicted molar refractivity (Wildman–Crippen MR) is 69.3 cm³/mol. The fraction of sp³-hybridized carbons (Fsp3) is 0.143. The number of halogens is 1. The van der Waals surface area contributed by atoms with Gasteiger partial charge in [-0.3, -0.25) is 0 Å². The van der Waals surface area contributed by atoms with Crippen LogP contribution in [-0.2, 0) is 6.54 Å². The summed E-state index contributed by atoms with van der Waals surface area (Å²) >= 11 is 0. The Morgan fingerprint density at radius 1 is 1.18 bits per heavy atom. The summed E-state index contributed by atoms with van der Waals surface area (Å²) in [5, 5.41) is 3.21. The molecule has 0 atom stereocenters. The molecule has 0 unspecified atom stereocenters. The minimum atomic E-state index is -0.316. The van der Waals surface area contributed by atoms with Gasteiger partial charge in [0.25, 0.3) is 0 Å². The van der Waals surface area contributed by atoms with Gasteiger partial charge in [-0.25, -0.2) is 4.39 Å². The first-order valence-electron chi connectivity index (χ1n) is 5.50. The average molecular weight is 230 g/mol. The maximum Gasteiger partial charge on any atom is 0.125 e. The van der Waals surface area contributed by atoms with Gasteiger partial charge in [0.2, 0.25) is 0 Å². The monoisotopic (exact) mass is 230 g/mol. The van der Waals surface area contributed by atoms with Crippen molar-refractivity contribution in [2.75, 3.05) is 11.1 Å². The molecule has 3 N–H and O–H groups in total. The molecule has 2 aromatic carbocycles. The Labute approximate surface area is 100 Å². The second-order valence-electron chi connectivity index (χ2n) is 4.01. The Morgan fingerprint density at radius 2 is 1.94 bits per heavy atom. The summed E-state index contributed by atoms with van der Waals surface area (Å²) < 4.78 is 12.9. The van der Waals surface area contributed by atoms with Gasteiger partial charge in [0.05, 0.1) is 11.4 Å². The van der Waals surface area contributed by atoms with E-state index in [1.54, 1.807) is 6.07 Å². The van der Waals surface area contributed by atoms with Crippen molar-refractivity contribution in [1.29, 1.82) is 0 Å². The molecule has 88 valence electrons. The van der Waals surface area contributed by atoms with E-state index in [4.69, 9.17) is 5.73 Å². The standard InChI is InChI=1S/C14H15FN2/c1-10-4-2-3-5-11(10)9-17-14-7-6-12(15)8-13(14)16/h2-8,17H,9,16H2,1H3. The van der Waals surface area contributed by atoms with Crippen LogP contribution in [0.2, 0.25) is 0 Å². The van der Waals surface area contributed by atoms with Crippen LogP contribution in [0.5, 0.6) is 0 Å². The second-order valence-corrected chi connectivity index (χ2v) is 4.01. The lowest BCUT2D eigenvalue weighted by Crippen LogP contribution is -2.03. The molecule has 0 spiro atoms. The van der Waals surface area contributed by atoms with Gasteiger partial charge in [-0.1, -0.05) is 24.3 Å². The van der Waals surface area contributed by atoms with Gasteiger partial charge in [0.15, 0.2) is 0 Å². The van der Waals surface area contributed by atoms with Gasteiger partial charge in [-0.15, -0.1) is 0 Å². The number of rotatable bonds is 3. The summed E-state index contributed by atoms with van der Waals surface area (Å²) in [6.07, 6.45) is 0. The Morgan fingerprint density at radius 3 is 2.65 bits per heavy atom. The van der Waals surface area contributed by atoms with Crippen LogP contribution in [-0.4, -0.2) is 0 Å². The SMILES string of the molecule is Cc1ccccc1CNc1ccc(F)cc1N. The van der Waals surface area contributed by atoms with Crippen molar-refractivity contribution < 1.29 is 4.39 Å². The van der Waals surface area contributed by atoms with Crippen LogP contribution in [0.15, 0.2) is 42.5 Å². The molecule has 17 heavy (non-hydrogen) atoms. The molecule has 0 fully saturated rings. The van der Waals surface area contributed by atoms with Gasteiger partial charge in [-0.05, 0) is 36.2 Å². The molecule has 0 heterocycles. The summed E-state index contributed by atoms with van der Waals surface area (Å²) in [5.41, 5.74) is 9.34. The molecule has 0 aromatic heterocycles. The van der Waals surface area contributed by atoms with Gasteiger partial charge >= 0.3 is 0 Å². The number of hydrogen-bond acceptors (Lipinski definition) is 2. The summed E-state index contributed by atoms with van der Waals surface area (Å²) in [7, 11) is 0. The number of anilines is 2. The van der Waals surface area contributed by atoms with E-state index in [0.29, 0.717) is 12.2 Å². The van der Waals surface area contributed by atoms with E-state index in [0.717, 1.165) is 5.69 Å². The van der Waals surface area contributed by atoms with Crippen LogP contribution >= 0.6 is 0 Å². The maximum atomic E-state index is 12.9. The normalized spacial score (nSPS) is 10.2. The highest BCUT2D eigenvalue weighted by molar-refractivity contribution is 5.65. The topological polar surface area (TPSA) is 38.0 Å². The number of aryl methyl sites for hydroxylation is 1. The van der Waals surface area contributed by atoms with Crippen molar-refractivity contribution >= 4 is 11.4 Å². The highest BCUT2D eigenvalue weighted by Gasteiger charge is 2.01. The maximum absolute atomic E-state index is 12.9. The summed E-state index contributed by atoms with van der Waals surface area (Å²) in [5.74, 6) is -0.316. The number of hydrogen-bond donors (Lipinski definition) is 2. The van der Waals surface area contributed by atoms with Crippen molar-refractivity contribution in [2.45, 2.75) is 13.5 Å². The molecule has 3 heteroatoms. The highest BCUT2D eigenvalue weighted by atomic mass is 19.1. The largest absolute Gasteiger partial charge is 0.397 e. The molecule has 0 aliphatic carbocycles. The third kappa shape index (κ3) is 2.75. The fourth-order valence-electron chi connectivity index (χ4n) is 1.69. The number of nitrogens with one attached hydrogen (secondary N) is 1. The van der Waals surface area contributed by atoms with Gasteiger partial charge in [-0.2, -0.15) is 0 Å². The Kier molecular flexibility index (Phi) is 3.28. The lowest BCUT2D eigenvalue weighted by Gasteiger charge is -2.11. The molecule has 0 saturated carbocycles. The Balaban J connectivity index is 2.10. The zero-order chi connectivity index (χ0) is 12.3. The van der Waals surface area contributed by atoms with Crippen molar-refractivity contribution in [3.05, 3.63) is 59.4 Å². The average Bonchev–Trinajstić information content (AvgIpc) is 2.30. The molecule has 0 aliphatic rings. The van der Waals surface area contributed by atoms with Crippen LogP contribution < -0.4 is 11.1 Å². The van der Waals surface area contributed by atoms with Crippen LogP contribution in [0.1, 0.15) is 11.1 Å². The molecule has 0 saturated heterocycles. The van der Waals surface area contributed by atoms with E-state index in [1.807, 2.05) is 12.1 Å². The predicted octanol–water partition coefficient (Wildman–Crippen LogP) is 3.33. The highest BCUT2D eigenvalue weighted by Crippen LogP contribution is 2.20.